The number of Topliss-reactive ketones (excluding diaryl/α,β-unsaturated/α-hetero) is 1. The molecular weight excluding hydrogens is 642 g/mol. The number of carbonyl (C=O) groups is 1. The molecule has 0 bridgehead atoms. The van der Waals surface area contributed by atoms with Crippen molar-refractivity contribution in [2.24, 2.45) is 0 Å². The number of alkyl halides is 3. The maximum Gasteiger partial charge on any atom is 0.422 e. The molecule has 2 heterocycles. The van der Waals surface area contributed by atoms with Gasteiger partial charge < -0.3 is 24.6 Å². The van der Waals surface area contributed by atoms with E-state index in [-0.39, 0.29) is 42.5 Å². The number of aliphatic hydroxyl groups excluding tert-OH is 1. The molecule has 256 valence electrons. The number of likely N-dealkylation sites (N-methyl/N-ethyl adjacent to an activating group) is 1. The fourth-order valence-electron chi connectivity index (χ4n) is 5.42. The van der Waals surface area contributed by atoms with Crippen LogP contribution in [0.2, 0.25) is 0 Å². The highest BCUT2D eigenvalue weighted by atomic mass is 32.2. The highest BCUT2D eigenvalue weighted by molar-refractivity contribution is 7.84. The molecule has 0 radical (unpaired) electrons. The van der Waals surface area contributed by atoms with Crippen LogP contribution in [-0.2, 0) is 22.1 Å². The Hall–Kier alpha value is -3.59. The summed E-state index contributed by atoms with van der Waals surface area (Å²) in [4.78, 5) is 19.3. The summed E-state index contributed by atoms with van der Waals surface area (Å²) >= 11 is 0. The number of fused-ring (bicyclic) bond motifs is 1. The summed E-state index contributed by atoms with van der Waals surface area (Å²) in [7, 11) is 1.41. The normalized spacial score (nSPS) is 18.4. The summed E-state index contributed by atoms with van der Waals surface area (Å²) in [5, 5.41) is 20.5. The van der Waals surface area contributed by atoms with E-state index in [0.717, 1.165) is 18.2 Å². The molecule has 1 aliphatic heterocycles. The van der Waals surface area contributed by atoms with Crippen molar-refractivity contribution in [2.75, 3.05) is 38.8 Å². The Bertz CT molecular complexity index is 1650. The van der Waals surface area contributed by atoms with Gasteiger partial charge in [-0.1, -0.05) is 0 Å². The van der Waals surface area contributed by atoms with Gasteiger partial charge in [0.25, 0.3) is 0 Å². The number of nitrogens with one attached hydrogen (secondary N) is 1. The van der Waals surface area contributed by atoms with Gasteiger partial charge in [0.1, 0.15) is 12.4 Å². The second kappa shape index (κ2) is 13.5. The van der Waals surface area contributed by atoms with E-state index in [1.165, 1.54) is 37.4 Å². The molecule has 3 aromatic rings. The van der Waals surface area contributed by atoms with Crippen LogP contribution in [0.25, 0.3) is 11.3 Å². The number of benzene rings is 2. The standard InChI is InChI=1S/C33H39F4N3O6S/c1-30(2,3)47(44)39-31(4)19-40(5)29-23(31)18-27(38-28(29)20-7-10-22(34)11-8-20)32(43,33(35,36)37)14-13-24(42)21-9-12-25(46-16-15-41)26(17-21)45-6/h7-12,17-18,39,41,43H,13-16,19H2,1-6H3/t31-,32-,47?/m1/s1. The molecule has 4 rings (SSSR count). The van der Waals surface area contributed by atoms with E-state index >= 15 is 0 Å². The van der Waals surface area contributed by atoms with Crippen LogP contribution in [-0.4, -0.2) is 70.0 Å². The average molecular weight is 682 g/mol. The zero-order valence-electron chi connectivity index (χ0n) is 27.0. The first kappa shape index (κ1) is 36.2. The number of anilines is 1. The number of pyridine rings is 1. The monoisotopic (exact) mass is 681 g/mol. The predicted octanol–water partition coefficient (Wildman–Crippen LogP) is 5.40. The van der Waals surface area contributed by atoms with E-state index in [1.807, 2.05) is 0 Å². The van der Waals surface area contributed by atoms with Crippen LogP contribution in [0.4, 0.5) is 23.2 Å². The van der Waals surface area contributed by atoms with Gasteiger partial charge in [-0.05, 0) is 82.6 Å². The van der Waals surface area contributed by atoms with Crippen LogP contribution >= 0.6 is 0 Å². The molecule has 1 aliphatic rings. The molecule has 0 amide bonds. The Kier molecular flexibility index (Phi) is 10.4. The third-order valence-corrected chi connectivity index (χ3v) is 9.70. The van der Waals surface area contributed by atoms with E-state index < -0.39 is 63.2 Å². The summed E-state index contributed by atoms with van der Waals surface area (Å²) in [6.45, 7) is 6.87. The predicted molar refractivity (Wildman–Crippen MR) is 170 cm³/mol. The molecule has 9 nitrogen and oxygen atoms in total. The lowest BCUT2D eigenvalue weighted by Crippen LogP contribution is -2.48. The number of halogens is 4. The first-order valence-corrected chi connectivity index (χ1v) is 16.0. The topological polar surface area (TPSA) is 121 Å². The molecule has 3 N–H and O–H groups in total. The molecule has 0 saturated carbocycles. The van der Waals surface area contributed by atoms with E-state index in [2.05, 4.69) is 9.71 Å². The number of ketones is 1. The van der Waals surface area contributed by atoms with E-state index in [0.29, 0.717) is 16.8 Å². The number of aromatic nitrogens is 1. The Morgan fingerprint density at radius 2 is 1.77 bits per heavy atom. The van der Waals surface area contributed by atoms with Crippen molar-refractivity contribution in [3.8, 4) is 22.8 Å². The number of aliphatic hydroxyl groups is 2. The number of carbonyl (C=O) groups excluding carboxylic acids is 1. The van der Waals surface area contributed by atoms with E-state index in [1.54, 1.807) is 39.6 Å². The average Bonchev–Trinajstić information content (AvgIpc) is 3.26. The van der Waals surface area contributed by atoms with Gasteiger partial charge in [0.05, 0.1) is 52.1 Å². The summed E-state index contributed by atoms with van der Waals surface area (Å²) in [6, 6.07) is 10.3. The van der Waals surface area contributed by atoms with Crippen LogP contribution in [0.15, 0.2) is 48.5 Å². The van der Waals surface area contributed by atoms with Gasteiger partial charge in [-0.15, -0.1) is 0 Å². The highest BCUT2D eigenvalue weighted by Crippen LogP contribution is 2.49. The van der Waals surface area contributed by atoms with Crippen molar-refractivity contribution >= 4 is 22.5 Å². The Morgan fingerprint density at radius 3 is 2.34 bits per heavy atom. The van der Waals surface area contributed by atoms with Crippen molar-refractivity contribution in [3.63, 3.8) is 0 Å². The van der Waals surface area contributed by atoms with Crippen LogP contribution in [0.1, 0.15) is 62.2 Å². The second-order valence-electron chi connectivity index (χ2n) is 12.6. The minimum absolute atomic E-state index is 0.0275. The van der Waals surface area contributed by atoms with Gasteiger partial charge in [-0.3, -0.25) is 4.79 Å². The molecule has 0 spiro atoms. The van der Waals surface area contributed by atoms with Crippen LogP contribution in [0, 0.1) is 5.82 Å². The smallest absolute Gasteiger partial charge is 0.422 e. The summed E-state index contributed by atoms with van der Waals surface area (Å²) in [6.07, 6.45) is -7.05. The first-order valence-electron chi connectivity index (χ1n) is 14.8. The first-order chi connectivity index (χ1) is 21.8. The molecule has 14 heteroatoms. The molecular formula is C33H39F4N3O6S. The molecule has 2 aromatic carbocycles. The number of ether oxygens (including phenoxy) is 2. The SMILES string of the molecule is COc1cc(C(=O)CC[C@@](O)(c2cc3c(c(-c4ccc(F)cc4)n2)N(C)C[C@@]3(C)NS(=O)C(C)(C)C)C(F)(F)F)ccc1OCCO. The summed E-state index contributed by atoms with van der Waals surface area (Å²) in [5.41, 5.74) is -4.36. The van der Waals surface area contributed by atoms with Crippen molar-refractivity contribution in [2.45, 2.75) is 62.6 Å². The largest absolute Gasteiger partial charge is 0.493 e. The zero-order valence-corrected chi connectivity index (χ0v) is 27.8. The number of rotatable bonds is 12. The lowest BCUT2D eigenvalue weighted by Gasteiger charge is -2.33. The van der Waals surface area contributed by atoms with Crippen LogP contribution in [0.5, 0.6) is 11.5 Å². The van der Waals surface area contributed by atoms with Gasteiger partial charge >= 0.3 is 6.18 Å². The maximum absolute atomic E-state index is 14.9. The van der Waals surface area contributed by atoms with Gasteiger partial charge in [-0.2, -0.15) is 13.2 Å². The minimum Gasteiger partial charge on any atom is -0.493 e. The summed E-state index contributed by atoms with van der Waals surface area (Å²) in [5.74, 6) is -0.888. The Balaban J connectivity index is 1.81. The molecule has 0 aliphatic carbocycles. The molecule has 1 aromatic heterocycles. The van der Waals surface area contributed by atoms with Gasteiger partial charge in [-0.25, -0.2) is 18.3 Å². The number of methoxy groups -OCH3 is 1. The Labute approximate surface area is 273 Å². The lowest BCUT2D eigenvalue weighted by atomic mass is 9.86. The van der Waals surface area contributed by atoms with Crippen molar-refractivity contribution < 1.29 is 46.3 Å². The highest BCUT2D eigenvalue weighted by Gasteiger charge is 2.57. The Morgan fingerprint density at radius 1 is 1.11 bits per heavy atom. The van der Waals surface area contributed by atoms with Crippen LogP contribution in [0.3, 0.4) is 0 Å². The number of hydrogen-bond acceptors (Lipinski definition) is 8. The molecule has 3 atom stereocenters. The summed E-state index contributed by atoms with van der Waals surface area (Å²) < 4.78 is 84.8. The van der Waals surface area contributed by atoms with Crippen molar-refractivity contribution in [1.82, 2.24) is 9.71 Å². The van der Waals surface area contributed by atoms with Gasteiger partial charge in [0.15, 0.2) is 17.3 Å². The maximum atomic E-state index is 14.9. The quantitative estimate of drug-likeness (QED) is 0.172. The third-order valence-electron chi connectivity index (χ3n) is 7.96. The number of hydrogen-bond donors (Lipinski definition) is 3. The van der Waals surface area contributed by atoms with Crippen molar-refractivity contribution in [3.05, 3.63) is 71.2 Å². The van der Waals surface area contributed by atoms with Gasteiger partial charge in [0, 0.05) is 36.7 Å². The molecule has 0 saturated heterocycles. The molecule has 0 fully saturated rings. The number of nitrogens with zero attached hydrogens (tertiary/aromatic N) is 2. The third kappa shape index (κ3) is 7.45. The molecule has 47 heavy (non-hydrogen) atoms. The lowest BCUT2D eigenvalue weighted by molar-refractivity contribution is -0.270. The molecule has 1 unspecified atom stereocenters. The minimum atomic E-state index is -5.27. The van der Waals surface area contributed by atoms with Crippen LogP contribution < -0.4 is 19.1 Å². The fraction of sp³-hybridized carbons (Fsp3) is 0.455. The fourth-order valence-corrected chi connectivity index (χ4v) is 6.31. The van der Waals surface area contributed by atoms with E-state index in [4.69, 9.17) is 14.6 Å². The van der Waals surface area contributed by atoms with Crippen molar-refractivity contribution in [1.29, 1.82) is 0 Å². The zero-order chi connectivity index (χ0) is 34.9. The second-order valence-corrected chi connectivity index (χ2v) is 14.6. The van der Waals surface area contributed by atoms with Gasteiger partial charge in [0.2, 0.25) is 5.60 Å². The van der Waals surface area contributed by atoms with E-state index in [9.17, 15) is 31.7 Å².